The van der Waals surface area contributed by atoms with E-state index in [1.807, 2.05) is 30.3 Å². The van der Waals surface area contributed by atoms with Gasteiger partial charge < -0.3 is 15.9 Å². The van der Waals surface area contributed by atoms with Gasteiger partial charge in [-0.2, -0.15) is 0 Å². The van der Waals surface area contributed by atoms with E-state index in [2.05, 4.69) is 10.2 Å². The molecule has 1 saturated heterocycles. The van der Waals surface area contributed by atoms with Gasteiger partial charge in [0.25, 0.3) is 11.8 Å². The molecule has 1 atom stereocenters. The highest BCUT2D eigenvalue weighted by molar-refractivity contribution is 6.05. The lowest BCUT2D eigenvalue weighted by Gasteiger charge is -2.12. The van der Waals surface area contributed by atoms with Gasteiger partial charge in [-0.15, -0.1) is 0 Å². The number of nitrogens with one attached hydrogen (secondary N) is 1. The zero-order chi connectivity index (χ0) is 14.5. The maximum atomic E-state index is 11.8. The quantitative estimate of drug-likeness (QED) is 0.735. The van der Waals surface area contributed by atoms with E-state index < -0.39 is 23.9 Å². The predicted octanol–water partition coefficient (Wildman–Crippen LogP) is -0.0435. The van der Waals surface area contributed by atoms with E-state index in [4.69, 9.17) is 5.73 Å². The van der Waals surface area contributed by atoms with Crippen molar-refractivity contribution in [2.24, 2.45) is 5.73 Å². The Kier molecular flexibility index (Phi) is 4.31. The lowest BCUT2D eigenvalue weighted by Crippen LogP contribution is -2.41. The largest absolute Gasteiger partial charge is 0.429 e. The van der Waals surface area contributed by atoms with Gasteiger partial charge in [0.2, 0.25) is 0 Å². The number of carbonyl (C=O) groups excluding carboxylic acids is 3. The van der Waals surface area contributed by atoms with Gasteiger partial charge in [0.15, 0.2) is 0 Å². The fraction of sp³-hybridized carbons (Fsp3) is 0.308. The first-order valence-electron chi connectivity index (χ1n) is 6.19. The zero-order valence-electron chi connectivity index (χ0n) is 10.7. The second kappa shape index (κ2) is 6.16. The average Bonchev–Trinajstić information content (AvgIpc) is 2.67. The zero-order valence-corrected chi connectivity index (χ0v) is 10.7. The molecule has 0 aromatic heterocycles. The molecule has 0 bridgehead atoms. The Morgan fingerprint density at radius 3 is 2.70 bits per heavy atom. The van der Waals surface area contributed by atoms with Crippen LogP contribution in [0.2, 0.25) is 0 Å². The molecule has 7 nitrogen and oxygen atoms in total. The highest BCUT2D eigenvalue weighted by atomic mass is 16.7. The van der Waals surface area contributed by atoms with Crippen molar-refractivity contribution in [1.82, 2.24) is 10.4 Å². The summed E-state index contributed by atoms with van der Waals surface area (Å²) in [5, 5.41) is 3.39. The summed E-state index contributed by atoms with van der Waals surface area (Å²) in [5.41, 5.74) is 5.92. The predicted molar refractivity (Wildman–Crippen MR) is 69.1 cm³/mol. The van der Waals surface area contributed by atoms with Crippen LogP contribution < -0.4 is 11.1 Å². The lowest BCUT2D eigenvalue weighted by molar-refractivity contribution is -0.171. The molecule has 106 valence electrons. The number of hydrogen-bond donors (Lipinski definition) is 2. The minimum absolute atomic E-state index is 0.0408. The molecular formula is C13H15N3O4. The van der Waals surface area contributed by atoms with E-state index in [1.165, 1.54) is 0 Å². The third-order valence-electron chi connectivity index (χ3n) is 2.93. The second-order valence-corrected chi connectivity index (χ2v) is 4.38. The Balaban J connectivity index is 1.84. The van der Waals surface area contributed by atoms with Gasteiger partial charge in [0.1, 0.15) is 0 Å². The average molecular weight is 277 g/mol. The molecule has 3 amide bonds. The van der Waals surface area contributed by atoms with Crippen LogP contribution in [0.4, 0.5) is 4.79 Å². The van der Waals surface area contributed by atoms with Crippen LogP contribution in [0.5, 0.6) is 0 Å². The number of primary amides is 1. The number of benzene rings is 1. The molecule has 0 spiro atoms. The third-order valence-corrected chi connectivity index (χ3v) is 2.93. The van der Waals surface area contributed by atoms with E-state index in [0.717, 1.165) is 12.0 Å². The maximum absolute atomic E-state index is 11.8. The highest BCUT2D eigenvalue weighted by Crippen LogP contribution is 2.13. The molecule has 1 aliphatic heterocycles. The Labute approximate surface area is 115 Å². The van der Waals surface area contributed by atoms with Crippen molar-refractivity contribution in [1.29, 1.82) is 0 Å². The van der Waals surface area contributed by atoms with E-state index >= 15 is 0 Å². The summed E-state index contributed by atoms with van der Waals surface area (Å²) < 4.78 is 0. The normalized spacial score (nSPS) is 18.4. The number of hydroxylamine groups is 2. The minimum Gasteiger partial charge on any atom is -0.333 e. The molecule has 0 radical (unpaired) electrons. The van der Waals surface area contributed by atoms with E-state index in [-0.39, 0.29) is 6.42 Å². The summed E-state index contributed by atoms with van der Waals surface area (Å²) in [4.78, 5) is 38.2. The van der Waals surface area contributed by atoms with Crippen molar-refractivity contribution in [3.05, 3.63) is 35.9 Å². The van der Waals surface area contributed by atoms with E-state index in [1.54, 1.807) is 0 Å². The Morgan fingerprint density at radius 2 is 2.05 bits per heavy atom. The van der Waals surface area contributed by atoms with Gasteiger partial charge in [-0.1, -0.05) is 35.4 Å². The van der Waals surface area contributed by atoms with Gasteiger partial charge in [0, 0.05) is 0 Å². The van der Waals surface area contributed by atoms with Gasteiger partial charge in [0.05, 0.1) is 12.5 Å². The number of carbonyl (C=O) groups is 3. The summed E-state index contributed by atoms with van der Waals surface area (Å²) >= 11 is 0. The highest BCUT2D eigenvalue weighted by Gasteiger charge is 2.41. The summed E-state index contributed by atoms with van der Waals surface area (Å²) in [6, 6.07) is 9.07. The van der Waals surface area contributed by atoms with Crippen molar-refractivity contribution in [3.63, 3.8) is 0 Å². The third kappa shape index (κ3) is 3.33. The fourth-order valence-electron chi connectivity index (χ4n) is 1.99. The Hall–Kier alpha value is -2.41. The first-order valence-corrected chi connectivity index (χ1v) is 6.19. The van der Waals surface area contributed by atoms with Crippen LogP contribution in [-0.2, 0) is 20.8 Å². The molecule has 2 rings (SSSR count). The van der Waals surface area contributed by atoms with Gasteiger partial charge >= 0.3 is 6.09 Å². The molecule has 1 aromatic rings. The molecule has 1 aliphatic rings. The molecule has 0 saturated carbocycles. The summed E-state index contributed by atoms with van der Waals surface area (Å²) in [6.07, 6.45) is -0.493. The molecular weight excluding hydrogens is 262 g/mol. The first-order chi connectivity index (χ1) is 9.58. The van der Waals surface area contributed by atoms with Gasteiger partial charge in [-0.3, -0.25) is 9.59 Å². The topological polar surface area (TPSA) is 102 Å². The fourth-order valence-corrected chi connectivity index (χ4v) is 1.99. The van der Waals surface area contributed by atoms with Crippen LogP contribution in [0, 0.1) is 0 Å². The standard InChI is InChI=1S/C13H15N3O4/c14-13(19)20-16-11(17)8-10(12(16)18)15-7-6-9-4-2-1-3-5-9/h1-5,10,15H,6-8H2,(H2,14,19). The van der Waals surface area contributed by atoms with Crippen molar-refractivity contribution in [2.75, 3.05) is 6.54 Å². The molecule has 1 unspecified atom stereocenters. The van der Waals surface area contributed by atoms with Crippen LogP contribution in [0.25, 0.3) is 0 Å². The van der Waals surface area contributed by atoms with E-state index in [9.17, 15) is 14.4 Å². The minimum atomic E-state index is -1.18. The number of hydrogen-bond acceptors (Lipinski definition) is 5. The van der Waals surface area contributed by atoms with Gasteiger partial charge in [-0.25, -0.2) is 4.79 Å². The van der Waals surface area contributed by atoms with Crippen molar-refractivity contribution in [2.45, 2.75) is 18.9 Å². The van der Waals surface area contributed by atoms with Crippen LogP contribution in [0.1, 0.15) is 12.0 Å². The SMILES string of the molecule is NC(=O)ON1C(=O)CC(NCCc2ccccc2)C1=O. The van der Waals surface area contributed by atoms with Gasteiger partial charge in [-0.05, 0) is 18.5 Å². The van der Waals surface area contributed by atoms with Crippen LogP contribution in [0.15, 0.2) is 30.3 Å². The van der Waals surface area contributed by atoms with Crippen LogP contribution in [0.3, 0.4) is 0 Å². The number of imide groups is 1. The molecule has 3 N–H and O–H groups in total. The Morgan fingerprint density at radius 1 is 1.35 bits per heavy atom. The summed E-state index contributed by atoms with van der Waals surface area (Å²) in [5.74, 6) is -1.17. The van der Waals surface area contributed by atoms with Crippen LogP contribution >= 0.6 is 0 Å². The number of nitrogens with zero attached hydrogens (tertiary/aromatic N) is 1. The number of amides is 3. The maximum Gasteiger partial charge on any atom is 0.429 e. The van der Waals surface area contributed by atoms with Crippen molar-refractivity contribution in [3.8, 4) is 0 Å². The molecule has 1 heterocycles. The molecule has 1 aromatic carbocycles. The summed E-state index contributed by atoms with van der Waals surface area (Å²) in [7, 11) is 0. The summed E-state index contributed by atoms with van der Waals surface area (Å²) in [6.45, 7) is 0.540. The first kappa shape index (κ1) is 14.0. The number of nitrogens with two attached hydrogens (primary N) is 1. The lowest BCUT2D eigenvalue weighted by atomic mass is 10.1. The smallest absolute Gasteiger partial charge is 0.333 e. The molecule has 0 aliphatic carbocycles. The number of rotatable bonds is 5. The second-order valence-electron chi connectivity index (χ2n) is 4.38. The monoisotopic (exact) mass is 277 g/mol. The van der Waals surface area contributed by atoms with Crippen LogP contribution in [-0.4, -0.2) is 35.6 Å². The van der Waals surface area contributed by atoms with E-state index in [0.29, 0.717) is 11.6 Å². The molecule has 1 fully saturated rings. The molecule has 20 heavy (non-hydrogen) atoms. The van der Waals surface area contributed by atoms with Crippen molar-refractivity contribution >= 4 is 17.9 Å². The Bertz CT molecular complexity index is 518. The van der Waals surface area contributed by atoms with Crippen molar-refractivity contribution < 1.29 is 19.2 Å². The molecule has 7 heteroatoms.